The van der Waals surface area contributed by atoms with Crippen molar-refractivity contribution in [3.63, 3.8) is 0 Å². The van der Waals surface area contributed by atoms with Crippen LogP contribution in [0.5, 0.6) is 0 Å². The van der Waals surface area contributed by atoms with Gasteiger partial charge < -0.3 is 19.3 Å². The number of pyridine rings is 1. The Hall–Kier alpha value is -1.96. The number of hydrogen-bond donors (Lipinski definition) is 0. The predicted octanol–water partition coefficient (Wildman–Crippen LogP) is 3.12. The van der Waals surface area contributed by atoms with Gasteiger partial charge in [0.15, 0.2) is 23.6 Å². The summed E-state index contributed by atoms with van der Waals surface area (Å²) in [4.78, 5) is 9.26. The molecule has 7 nitrogen and oxygen atoms in total. The molecule has 0 amide bonds. The molecule has 2 aliphatic heterocycles. The predicted molar refractivity (Wildman–Crippen MR) is 107 cm³/mol. The highest BCUT2D eigenvalue weighted by atomic mass is 35.5. The average Bonchev–Trinajstić information content (AvgIpc) is 2.72. The van der Waals surface area contributed by atoms with Crippen molar-refractivity contribution >= 4 is 23.2 Å². The molecule has 28 heavy (non-hydrogen) atoms. The third-order valence-corrected chi connectivity index (χ3v) is 6.10. The fraction of sp³-hybridized carbons (Fsp3) is 0.550. The van der Waals surface area contributed by atoms with Crippen LogP contribution in [0, 0.1) is 0 Å². The minimum absolute atomic E-state index is 0.125. The Morgan fingerprint density at radius 1 is 0.964 bits per heavy atom. The number of nitrogens with zero attached hydrogens (tertiary/aromatic N) is 5. The summed E-state index contributed by atoms with van der Waals surface area (Å²) < 4.78 is 11.0. The monoisotopic (exact) mass is 401 g/mol. The van der Waals surface area contributed by atoms with E-state index in [0.29, 0.717) is 5.15 Å². The molecule has 148 valence electrons. The van der Waals surface area contributed by atoms with Crippen molar-refractivity contribution < 1.29 is 9.47 Å². The van der Waals surface area contributed by atoms with Gasteiger partial charge in [-0.25, -0.2) is 4.98 Å². The van der Waals surface area contributed by atoms with Gasteiger partial charge >= 0.3 is 0 Å². The number of ether oxygens (including phenoxy) is 2. The maximum Gasteiger partial charge on any atom is 0.191 e. The first-order valence-corrected chi connectivity index (χ1v) is 10.4. The van der Waals surface area contributed by atoms with Crippen LogP contribution >= 0.6 is 11.6 Å². The fourth-order valence-electron chi connectivity index (χ4n) is 4.23. The highest BCUT2D eigenvalue weighted by Crippen LogP contribution is 2.33. The lowest BCUT2D eigenvalue weighted by Crippen LogP contribution is -2.47. The second kappa shape index (κ2) is 7.46. The van der Waals surface area contributed by atoms with Crippen LogP contribution in [0.15, 0.2) is 18.3 Å². The summed E-state index contributed by atoms with van der Waals surface area (Å²) >= 11 is 6.29. The third kappa shape index (κ3) is 3.32. The van der Waals surface area contributed by atoms with E-state index < -0.39 is 0 Å². The number of piperazine rings is 1. The van der Waals surface area contributed by atoms with Crippen LogP contribution in [0.3, 0.4) is 0 Å². The molecule has 0 unspecified atom stereocenters. The molecule has 0 radical (unpaired) electrons. The van der Waals surface area contributed by atoms with Gasteiger partial charge in [0, 0.05) is 43.5 Å². The summed E-state index contributed by atoms with van der Waals surface area (Å²) in [5.41, 5.74) is 3.47. The first-order chi connectivity index (χ1) is 13.7. The van der Waals surface area contributed by atoms with Gasteiger partial charge in [-0.2, -0.15) is 0 Å². The van der Waals surface area contributed by atoms with Crippen LogP contribution in [0.2, 0.25) is 5.15 Å². The maximum absolute atomic E-state index is 6.29. The van der Waals surface area contributed by atoms with Crippen molar-refractivity contribution in [1.82, 2.24) is 15.2 Å². The van der Waals surface area contributed by atoms with Crippen LogP contribution in [0.4, 0.5) is 11.6 Å². The van der Waals surface area contributed by atoms with Crippen molar-refractivity contribution in [2.45, 2.75) is 45.2 Å². The number of hydrogen-bond acceptors (Lipinski definition) is 7. The quantitative estimate of drug-likeness (QED) is 0.782. The molecular formula is C20H24ClN5O2. The number of anilines is 2. The number of aromatic nitrogens is 3. The zero-order chi connectivity index (χ0) is 19.1. The molecule has 5 rings (SSSR count). The molecule has 0 spiro atoms. The van der Waals surface area contributed by atoms with Gasteiger partial charge in [0.25, 0.3) is 0 Å². The van der Waals surface area contributed by atoms with E-state index in [9.17, 15) is 0 Å². The Morgan fingerprint density at radius 3 is 2.36 bits per heavy atom. The maximum atomic E-state index is 6.29. The van der Waals surface area contributed by atoms with Crippen LogP contribution in [-0.2, 0) is 22.3 Å². The summed E-state index contributed by atoms with van der Waals surface area (Å²) in [6.45, 7) is 5.49. The molecule has 2 fully saturated rings. The first kappa shape index (κ1) is 18.1. The lowest BCUT2D eigenvalue weighted by molar-refractivity contribution is -0.382. The Balaban J connectivity index is 1.26. The summed E-state index contributed by atoms with van der Waals surface area (Å²) in [5, 5.41) is 9.24. The molecule has 3 aliphatic rings. The standard InChI is InChI=1S/C20H24ClN5O2/c1-13-27-20(28-13)14-6-7-17(22-12-14)25-8-10-26(11-9-25)19-16-5-3-2-4-15(16)18(21)23-24-19/h6-7,12-13,20H,2-5,8-11H2,1H3. The van der Waals surface area contributed by atoms with Crippen LogP contribution < -0.4 is 9.80 Å². The van der Waals surface area contributed by atoms with Crippen molar-refractivity contribution in [3.8, 4) is 0 Å². The fourth-order valence-corrected chi connectivity index (χ4v) is 4.48. The van der Waals surface area contributed by atoms with Crippen molar-refractivity contribution in [2.75, 3.05) is 36.0 Å². The molecular weight excluding hydrogens is 378 g/mol. The largest absolute Gasteiger partial charge is 0.353 e. The van der Waals surface area contributed by atoms with Gasteiger partial charge in [0.05, 0.1) is 0 Å². The summed E-state index contributed by atoms with van der Waals surface area (Å²) in [7, 11) is 0. The van der Waals surface area contributed by atoms with E-state index in [2.05, 4.69) is 25.0 Å². The minimum atomic E-state index is -0.275. The smallest absolute Gasteiger partial charge is 0.191 e. The molecule has 8 heteroatoms. The van der Waals surface area contributed by atoms with Gasteiger partial charge in [-0.3, -0.25) is 0 Å². The first-order valence-electron chi connectivity index (χ1n) is 10.00. The highest BCUT2D eigenvalue weighted by Gasteiger charge is 2.29. The molecule has 2 saturated heterocycles. The van der Waals surface area contributed by atoms with E-state index in [1.807, 2.05) is 25.3 Å². The Kier molecular flexibility index (Phi) is 4.82. The topological polar surface area (TPSA) is 63.6 Å². The lowest BCUT2D eigenvalue weighted by Gasteiger charge is -2.37. The van der Waals surface area contributed by atoms with E-state index in [-0.39, 0.29) is 12.6 Å². The Labute approximate surface area is 169 Å². The van der Waals surface area contributed by atoms with E-state index >= 15 is 0 Å². The van der Waals surface area contributed by atoms with E-state index in [1.54, 1.807) is 0 Å². The van der Waals surface area contributed by atoms with Crippen molar-refractivity contribution in [3.05, 3.63) is 40.2 Å². The lowest BCUT2D eigenvalue weighted by atomic mass is 9.93. The highest BCUT2D eigenvalue weighted by molar-refractivity contribution is 6.30. The Morgan fingerprint density at radius 2 is 1.68 bits per heavy atom. The zero-order valence-electron chi connectivity index (χ0n) is 16.0. The van der Waals surface area contributed by atoms with Gasteiger partial charge in [-0.05, 0) is 50.3 Å². The molecule has 0 atom stereocenters. The van der Waals surface area contributed by atoms with Gasteiger partial charge in [-0.1, -0.05) is 11.6 Å². The molecule has 4 heterocycles. The van der Waals surface area contributed by atoms with E-state index in [0.717, 1.165) is 56.2 Å². The summed E-state index contributed by atoms with van der Waals surface area (Å²) in [6, 6.07) is 4.08. The molecule has 0 N–H and O–H groups in total. The molecule has 1 aliphatic carbocycles. The van der Waals surface area contributed by atoms with Crippen molar-refractivity contribution in [2.24, 2.45) is 0 Å². The normalized spacial score (nSPS) is 24.6. The number of halogens is 1. The van der Waals surface area contributed by atoms with E-state index in [4.69, 9.17) is 21.1 Å². The SMILES string of the molecule is CC1OC(c2ccc(N3CCN(c4nnc(Cl)c5c4CCCC5)CC3)nc2)O1. The minimum Gasteiger partial charge on any atom is -0.353 e. The molecule has 0 aromatic carbocycles. The molecule has 2 aromatic heterocycles. The second-order valence-electron chi connectivity index (χ2n) is 7.57. The average molecular weight is 402 g/mol. The van der Waals surface area contributed by atoms with Crippen LogP contribution in [0.1, 0.15) is 42.7 Å². The number of rotatable bonds is 3. The second-order valence-corrected chi connectivity index (χ2v) is 7.93. The summed E-state index contributed by atoms with van der Waals surface area (Å²) in [5.74, 6) is 2.01. The van der Waals surface area contributed by atoms with Crippen LogP contribution in [0.25, 0.3) is 0 Å². The zero-order valence-corrected chi connectivity index (χ0v) is 16.7. The van der Waals surface area contributed by atoms with Gasteiger partial charge in [0.2, 0.25) is 0 Å². The van der Waals surface area contributed by atoms with Crippen molar-refractivity contribution in [1.29, 1.82) is 0 Å². The van der Waals surface area contributed by atoms with Gasteiger partial charge in [0.1, 0.15) is 5.82 Å². The molecule has 0 bridgehead atoms. The van der Waals surface area contributed by atoms with Gasteiger partial charge in [-0.15, -0.1) is 10.2 Å². The van der Waals surface area contributed by atoms with Crippen LogP contribution in [-0.4, -0.2) is 47.7 Å². The third-order valence-electron chi connectivity index (χ3n) is 5.80. The molecule has 0 saturated carbocycles. The van der Waals surface area contributed by atoms with E-state index in [1.165, 1.54) is 24.0 Å². The number of fused-ring (bicyclic) bond motifs is 1. The Bertz CT molecular complexity index is 848. The molecule has 2 aromatic rings. The summed E-state index contributed by atoms with van der Waals surface area (Å²) in [6.07, 6.45) is 5.89.